The van der Waals surface area contributed by atoms with E-state index in [4.69, 9.17) is 9.63 Å². The van der Waals surface area contributed by atoms with Crippen LogP contribution < -0.4 is 0 Å². The van der Waals surface area contributed by atoms with E-state index < -0.39 is 5.97 Å². The van der Waals surface area contributed by atoms with Gasteiger partial charge in [0.05, 0.1) is 0 Å². The highest BCUT2D eigenvalue weighted by Crippen LogP contribution is 2.21. The Labute approximate surface area is 111 Å². The van der Waals surface area contributed by atoms with E-state index in [1.807, 2.05) is 38.1 Å². The number of hydrogen-bond acceptors (Lipinski definition) is 4. The fraction of sp³-hybridized carbons (Fsp3) is 0.357. The van der Waals surface area contributed by atoms with Crippen molar-refractivity contribution in [2.45, 2.75) is 26.7 Å². The average molecular weight is 260 g/mol. The van der Waals surface area contributed by atoms with Gasteiger partial charge in [-0.3, -0.25) is 4.79 Å². The van der Waals surface area contributed by atoms with Gasteiger partial charge in [0.1, 0.15) is 0 Å². The Balaban J connectivity index is 2.11. The fourth-order valence-electron chi connectivity index (χ4n) is 1.94. The predicted molar refractivity (Wildman–Crippen MR) is 69.6 cm³/mol. The second-order valence-corrected chi connectivity index (χ2v) is 4.73. The van der Waals surface area contributed by atoms with Gasteiger partial charge in [0.15, 0.2) is 0 Å². The highest BCUT2D eigenvalue weighted by Gasteiger charge is 2.15. The number of aliphatic carboxylic acids is 1. The van der Waals surface area contributed by atoms with E-state index in [-0.39, 0.29) is 12.3 Å². The van der Waals surface area contributed by atoms with Crippen molar-refractivity contribution in [3.05, 3.63) is 35.7 Å². The van der Waals surface area contributed by atoms with Crippen LogP contribution in [0.1, 0.15) is 24.8 Å². The van der Waals surface area contributed by atoms with Crippen molar-refractivity contribution in [3.63, 3.8) is 0 Å². The summed E-state index contributed by atoms with van der Waals surface area (Å²) in [5, 5.41) is 12.7. The van der Waals surface area contributed by atoms with E-state index in [2.05, 4.69) is 10.1 Å². The lowest BCUT2D eigenvalue weighted by Crippen LogP contribution is -2.07. The minimum atomic E-state index is -0.814. The second kappa shape index (κ2) is 5.65. The molecule has 0 fully saturated rings. The average Bonchev–Trinajstić information content (AvgIpc) is 2.76. The third kappa shape index (κ3) is 3.40. The van der Waals surface area contributed by atoms with Crippen LogP contribution in [0.5, 0.6) is 0 Å². The van der Waals surface area contributed by atoms with Gasteiger partial charge in [0.25, 0.3) is 0 Å². The van der Waals surface area contributed by atoms with Crippen LogP contribution in [0.4, 0.5) is 0 Å². The number of aryl methyl sites for hydroxylation is 1. The fourth-order valence-corrected chi connectivity index (χ4v) is 1.94. The summed E-state index contributed by atoms with van der Waals surface area (Å²) in [6, 6.07) is 7.79. The van der Waals surface area contributed by atoms with Crippen LogP contribution in [0.15, 0.2) is 28.8 Å². The Morgan fingerprint density at radius 2 is 2.16 bits per heavy atom. The monoisotopic (exact) mass is 260 g/mol. The molecule has 0 aliphatic rings. The molecule has 5 nitrogen and oxygen atoms in total. The summed E-state index contributed by atoms with van der Waals surface area (Å²) >= 11 is 0. The topological polar surface area (TPSA) is 76.2 Å². The van der Waals surface area contributed by atoms with E-state index in [1.165, 1.54) is 0 Å². The molecule has 1 aromatic carbocycles. The molecule has 100 valence electrons. The minimum absolute atomic E-state index is 0.0253. The maximum absolute atomic E-state index is 10.6. The first-order chi connectivity index (χ1) is 9.06. The van der Waals surface area contributed by atoms with Crippen LogP contribution >= 0.6 is 0 Å². The summed E-state index contributed by atoms with van der Waals surface area (Å²) in [4.78, 5) is 14.9. The Morgan fingerprint density at radius 1 is 1.42 bits per heavy atom. The van der Waals surface area contributed by atoms with Crippen molar-refractivity contribution in [1.82, 2.24) is 10.1 Å². The van der Waals surface area contributed by atoms with Crippen LogP contribution in [0.2, 0.25) is 0 Å². The number of nitrogens with zero attached hydrogens (tertiary/aromatic N) is 2. The molecule has 1 atom stereocenters. The number of aromatic nitrogens is 2. The Morgan fingerprint density at radius 3 is 2.84 bits per heavy atom. The molecular formula is C14H16N2O3. The van der Waals surface area contributed by atoms with E-state index in [1.54, 1.807) is 0 Å². The van der Waals surface area contributed by atoms with Gasteiger partial charge in [-0.05, 0) is 18.4 Å². The Hall–Kier alpha value is -2.17. The van der Waals surface area contributed by atoms with Gasteiger partial charge < -0.3 is 9.63 Å². The molecule has 1 heterocycles. The summed E-state index contributed by atoms with van der Waals surface area (Å²) in [5.74, 6) is 0.191. The first-order valence-electron chi connectivity index (χ1n) is 6.16. The summed E-state index contributed by atoms with van der Waals surface area (Å²) in [7, 11) is 0. The highest BCUT2D eigenvalue weighted by molar-refractivity contribution is 5.67. The quantitative estimate of drug-likeness (QED) is 0.894. The molecule has 1 N–H and O–H groups in total. The number of carbonyl (C=O) groups is 1. The molecule has 2 aromatic rings. The minimum Gasteiger partial charge on any atom is -0.481 e. The van der Waals surface area contributed by atoms with E-state index >= 15 is 0 Å². The molecule has 2 rings (SSSR count). The van der Waals surface area contributed by atoms with Crippen molar-refractivity contribution >= 4 is 5.97 Å². The first-order valence-corrected chi connectivity index (χ1v) is 6.16. The van der Waals surface area contributed by atoms with E-state index in [0.717, 1.165) is 11.1 Å². The molecule has 0 bridgehead atoms. The van der Waals surface area contributed by atoms with Crippen LogP contribution in [0, 0.1) is 12.8 Å². The maximum atomic E-state index is 10.6. The lowest BCUT2D eigenvalue weighted by molar-refractivity contribution is -0.137. The summed E-state index contributed by atoms with van der Waals surface area (Å²) in [5.41, 5.74) is 2.01. The van der Waals surface area contributed by atoms with Crippen molar-refractivity contribution in [2.75, 3.05) is 0 Å². The molecular weight excluding hydrogens is 244 g/mol. The molecule has 1 aromatic heterocycles. The van der Waals surface area contributed by atoms with Crippen LogP contribution in [0.3, 0.4) is 0 Å². The van der Waals surface area contributed by atoms with Gasteiger partial charge in [-0.1, -0.05) is 36.3 Å². The summed E-state index contributed by atoms with van der Waals surface area (Å²) < 4.78 is 5.17. The van der Waals surface area contributed by atoms with Gasteiger partial charge in [-0.25, -0.2) is 0 Å². The molecule has 0 radical (unpaired) electrons. The number of carboxylic acids is 1. The molecule has 0 saturated carbocycles. The van der Waals surface area contributed by atoms with Gasteiger partial charge in [-0.2, -0.15) is 4.98 Å². The number of carboxylic acid groups (broad SMARTS) is 1. The second-order valence-electron chi connectivity index (χ2n) is 4.73. The molecule has 0 amide bonds. The summed E-state index contributed by atoms with van der Waals surface area (Å²) in [6.07, 6.45) is 0.577. The molecule has 1 unspecified atom stereocenters. The zero-order valence-corrected chi connectivity index (χ0v) is 11.0. The van der Waals surface area contributed by atoms with Crippen molar-refractivity contribution in [2.24, 2.45) is 5.92 Å². The van der Waals surface area contributed by atoms with E-state index in [9.17, 15) is 4.79 Å². The lowest BCUT2D eigenvalue weighted by atomic mass is 10.0. The summed E-state index contributed by atoms with van der Waals surface area (Å²) in [6.45, 7) is 3.84. The first kappa shape index (κ1) is 13.3. The van der Waals surface area contributed by atoms with E-state index in [0.29, 0.717) is 18.1 Å². The van der Waals surface area contributed by atoms with Crippen LogP contribution in [-0.4, -0.2) is 21.2 Å². The van der Waals surface area contributed by atoms with Crippen LogP contribution in [-0.2, 0) is 11.2 Å². The van der Waals surface area contributed by atoms with Gasteiger partial charge in [-0.15, -0.1) is 0 Å². The van der Waals surface area contributed by atoms with Crippen molar-refractivity contribution < 1.29 is 14.4 Å². The zero-order valence-electron chi connectivity index (χ0n) is 11.0. The van der Waals surface area contributed by atoms with Gasteiger partial charge >= 0.3 is 5.97 Å². The molecule has 0 aliphatic heterocycles. The number of rotatable bonds is 5. The van der Waals surface area contributed by atoms with Gasteiger partial charge in [0.2, 0.25) is 11.7 Å². The Kier molecular flexibility index (Phi) is 3.94. The zero-order chi connectivity index (χ0) is 13.8. The molecule has 0 saturated heterocycles. The number of benzene rings is 1. The lowest BCUT2D eigenvalue weighted by Gasteiger charge is -2.03. The van der Waals surface area contributed by atoms with Gasteiger partial charge in [0, 0.05) is 18.4 Å². The third-order valence-corrected chi connectivity index (χ3v) is 2.90. The molecule has 5 heteroatoms. The maximum Gasteiger partial charge on any atom is 0.303 e. The smallest absolute Gasteiger partial charge is 0.303 e. The number of hydrogen-bond donors (Lipinski definition) is 1. The largest absolute Gasteiger partial charge is 0.481 e. The molecule has 0 aliphatic carbocycles. The van der Waals surface area contributed by atoms with Crippen molar-refractivity contribution in [3.8, 4) is 11.4 Å². The highest BCUT2D eigenvalue weighted by atomic mass is 16.5. The molecule has 0 spiro atoms. The van der Waals surface area contributed by atoms with Crippen molar-refractivity contribution in [1.29, 1.82) is 0 Å². The third-order valence-electron chi connectivity index (χ3n) is 2.90. The van der Waals surface area contributed by atoms with Crippen LogP contribution in [0.25, 0.3) is 11.4 Å². The SMILES string of the molecule is Cc1ccccc1-c1noc(CC(C)CC(=O)O)n1. The normalized spacial score (nSPS) is 12.3. The standard InChI is InChI=1S/C14H16N2O3/c1-9(8-13(17)18)7-12-15-14(16-19-12)11-6-4-3-5-10(11)2/h3-6,9H,7-8H2,1-2H3,(H,17,18). The Bertz CT molecular complexity index is 578. The predicted octanol–water partition coefficient (Wildman–Crippen LogP) is 2.70. The molecule has 19 heavy (non-hydrogen) atoms.